The Balaban J connectivity index is 0.000000852. The molecule has 3 aromatic heterocycles. The Hall–Kier alpha value is -5.49. The zero-order chi connectivity index (χ0) is 42.5. The van der Waals surface area contributed by atoms with Gasteiger partial charge in [-0.05, 0) is 58.1 Å². The summed E-state index contributed by atoms with van der Waals surface area (Å²) in [5.41, 5.74) is 2.54. The van der Waals surface area contributed by atoms with E-state index in [0.717, 1.165) is 92.3 Å². The number of ether oxygens (including phenoxy) is 3. The Labute approximate surface area is 342 Å². The first-order chi connectivity index (χ1) is 27.6. The number of piperidine rings is 1. The number of amides is 2. The van der Waals surface area contributed by atoms with Gasteiger partial charge in [0, 0.05) is 83.0 Å². The van der Waals surface area contributed by atoms with Gasteiger partial charge >= 0.3 is 0 Å². The van der Waals surface area contributed by atoms with E-state index >= 15 is 0 Å². The molecule has 17 nitrogen and oxygen atoms in total. The van der Waals surface area contributed by atoms with Crippen LogP contribution in [0.4, 0.5) is 5.82 Å². The van der Waals surface area contributed by atoms with E-state index in [4.69, 9.17) is 39.0 Å². The van der Waals surface area contributed by atoms with Crippen LogP contribution in [0.3, 0.4) is 0 Å². The zero-order valence-corrected chi connectivity index (χ0v) is 35.5. The van der Waals surface area contributed by atoms with E-state index < -0.39 is 11.9 Å². The number of fused-ring (bicyclic) bond motifs is 5. The maximum absolute atomic E-state index is 13.7. The van der Waals surface area contributed by atoms with Gasteiger partial charge in [-0.15, -0.1) is 11.3 Å². The van der Waals surface area contributed by atoms with Crippen LogP contribution in [-0.4, -0.2) is 124 Å². The molecule has 4 aromatic rings. The molecule has 0 saturated carbocycles. The smallest absolute Gasteiger partial charge is 0.300 e. The average molecular weight is 825 g/mol. The van der Waals surface area contributed by atoms with Gasteiger partial charge < -0.3 is 44.1 Å². The van der Waals surface area contributed by atoms with Crippen molar-refractivity contribution in [2.45, 2.75) is 66.5 Å². The molecule has 1 fully saturated rings. The molecular weight excluding hydrogens is 769 g/mol. The number of aliphatic carboxylic acids is 2. The molecule has 58 heavy (non-hydrogen) atoms. The van der Waals surface area contributed by atoms with Crippen LogP contribution < -0.4 is 24.4 Å². The van der Waals surface area contributed by atoms with Gasteiger partial charge in [-0.3, -0.25) is 24.1 Å². The second kappa shape index (κ2) is 21.3. The number of imidazole rings is 1. The first kappa shape index (κ1) is 45.2. The number of hydrogen-bond acceptors (Lipinski definition) is 13. The van der Waals surface area contributed by atoms with Crippen LogP contribution in [0.2, 0.25) is 0 Å². The molecule has 2 amide bonds. The second-order valence-corrected chi connectivity index (χ2v) is 15.4. The topological polar surface area (TPSA) is 202 Å². The van der Waals surface area contributed by atoms with Crippen molar-refractivity contribution in [2.24, 2.45) is 13.0 Å². The van der Waals surface area contributed by atoms with E-state index in [9.17, 15) is 9.59 Å². The number of methoxy groups -OCH3 is 3. The predicted octanol–water partition coefficient (Wildman–Crippen LogP) is 4.52. The number of nitrogens with one attached hydrogen (secondary N) is 1. The van der Waals surface area contributed by atoms with E-state index in [1.54, 1.807) is 26.2 Å². The maximum Gasteiger partial charge on any atom is 0.300 e. The van der Waals surface area contributed by atoms with Gasteiger partial charge in [0.2, 0.25) is 11.7 Å². The molecule has 0 aliphatic carbocycles. The number of nitrogens with zero attached hydrogens (tertiary/aromatic N) is 7. The van der Waals surface area contributed by atoms with Crippen molar-refractivity contribution in [2.75, 3.05) is 65.5 Å². The largest absolute Gasteiger partial charge is 0.493 e. The molecule has 1 saturated heterocycles. The summed E-state index contributed by atoms with van der Waals surface area (Å²) in [5, 5.41) is 19.7. The van der Waals surface area contributed by atoms with E-state index in [1.807, 2.05) is 43.9 Å². The van der Waals surface area contributed by atoms with Gasteiger partial charge in [0.05, 0.1) is 50.6 Å². The highest BCUT2D eigenvalue weighted by Gasteiger charge is 2.28. The quantitative estimate of drug-likeness (QED) is 0.245. The van der Waals surface area contributed by atoms with Crippen LogP contribution >= 0.6 is 11.3 Å². The second-order valence-electron chi connectivity index (χ2n) is 14.2. The van der Waals surface area contributed by atoms with E-state index in [2.05, 4.69) is 31.2 Å². The molecule has 5 heterocycles. The fraction of sp³-hybridized carbons (Fsp3) is 0.525. The van der Waals surface area contributed by atoms with E-state index in [0.29, 0.717) is 54.0 Å². The zero-order valence-electron chi connectivity index (χ0n) is 34.7. The number of thiazole rings is 1. The van der Waals surface area contributed by atoms with Crippen LogP contribution in [0, 0.1) is 19.8 Å². The SMILES string of the molecule is CC(=O)O.CC(=O)O.COc1cc2nc3c(cc2c(OC)c1OC)CN(Cc1nccn1C)CCCCN(C(=O)c1sc(C)nc1C)CC(=O)NCC1CCCN3C1. The number of carboxylic acid groups (broad SMARTS) is 2. The number of hydrogen-bond donors (Lipinski definition) is 3. The summed E-state index contributed by atoms with van der Waals surface area (Å²) in [5.74, 6) is 1.83. The number of carboxylic acids is 2. The molecule has 1 atom stereocenters. The standard InChI is InChI=1S/C36H48N8O5S.2C2H4O2/c1-23-34(50-24(2)39-23)36(46)44-13-8-7-12-42(21-30-37-11-15-41(30)3)20-26-16-27-28(17-29(47-4)33(49-6)32(27)48-5)40-35(26)43-14-9-10-25(19-43)18-38-31(45)22-44;2*1-2(3)4/h11,15-17,25H,7-10,12-14,18-22H2,1-6H3,(H,38,45);2*1H3,(H,3,4). The number of rotatable bonds is 6. The lowest BCUT2D eigenvalue weighted by Gasteiger charge is -2.36. The normalized spacial score (nSPS) is 16.5. The number of carbonyl (C=O) groups excluding carboxylic acids is 2. The molecule has 6 rings (SSSR count). The number of aromatic nitrogens is 4. The molecule has 2 aliphatic rings. The van der Waals surface area contributed by atoms with Crippen molar-refractivity contribution in [3.05, 3.63) is 51.5 Å². The van der Waals surface area contributed by atoms with Crippen LogP contribution in [0.5, 0.6) is 17.2 Å². The molecule has 316 valence electrons. The van der Waals surface area contributed by atoms with Gasteiger partial charge in [0.1, 0.15) is 16.5 Å². The van der Waals surface area contributed by atoms with Crippen LogP contribution in [0.25, 0.3) is 10.9 Å². The van der Waals surface area contributed by atoms with E-state index in [1.165, 1.54) is 11.3 Å². The summed E-state index contributed by atoms with van der Waals surface area (Å²) >= 11 is 1.39. The lowest BCUT2D eigenvalue weighted by Crippen LogP contribution is -2.45. The number of anilines is 1. The molecule has 3 N–H and O–H groups in total. The molecule has 1 aromatic carbocycles. The van der Waals surface area contributed by atoms with Gasteiger partial charge in [0.15, 0.2) is 11.5 Å². The lowest BCUT2D eigenvalue weighted by atomic mass is 9.97. The fourth-order valence-electron chi connectivity index (χ4n) is 7.09. The van der Waals surface area contributed by atoms with Crippen molar-refractivity contribution in [3.8, 4) is 17.2 Å². The number of benzene rings is 1. The van der Waals surface area contributed by atoms with Crippen molar-refractivity contribution in [1.29, 1.82) is 0 Å². The third-order valence-corrected chi connectivity index (χ3v) is 10.7. The molecule has 2 aliphatic heterocycles. The van der Waals surface area contributed by atoms with Gasteiger partial charge in [0.25, 0.3) is 17.8 Å². The minimum atomic E-state index is -0.833. The van der Waals surface area contributed by atoms with Crippen molar-refractivity contribution >= 4 is 51.8 Å². The Morgan fingerprint density at radius 3 is 2.22 bits per heavy atom. The maximum atomic E-state index is 13.7. The summed E-state index contributed by atoms with van der Waals surface area (Å²) in [6.07, 6.45) is 7.30. The molecular formula is C40H56N8O9S. The van der Waals surface area contributed by atoms with Crippen molar-refractivity contribution < 1.29 is 43.6 Å². The van der Waals surface area contributed by atoms with E-state index in [-0.39, 0.29) is 24.3 Å². The highest BCUT2D eigenvalue weighted by molar-refractivity contribution is 7.13. The Bertz CT molecular complexity index is 2030. The third-order valence-electron chi connectivity index (χ3n) is 9.64. The molecule has 0 spiro atoms. The van der Waals surface area contributed by atoms with Crippen LogP contribution in [-0.2, 0) is 34.5 Å². The first-order valence-corrected chi connectivity index (χ1v) is 19.9. The van der Waals surface area contributed by atoms with Gasteiger partial charge in [-0.1, -0.05) is 0 Å². The Kier molecular flexibility index (Phi) is 16.6. The molecule has 18 heteroatoms. The van der Waals surface area contributed by atoms with Gasteiger partial charge in [-0.2, -0.15) is 0 Å². The highest BCUT2D eigenvalue weighted by atomic mass is 32.1. The molecule has 0 radical (unpaired) electrons. The highest BCUT2D eigenvalue weighted by Crippen LogP contribution is 2.44. The van der Waals surface area contributed by atoms with Crippen LogP contribution in [0.15, 0.2) is 24.5 Å². The summed E-state index contributed by atoms with van der Waals surface area (Å²) in [6, 6.07) is 4.09. The first-order valence-electron chi connectivity index (χ1n) is 19.1. The number of pyridine rings is 1. The van der Waals surface area contributed by atoms with Crippen molar-refractivity contribution in [3.63, 3.8) is 0 Å². The van der Waals surface area contributed by atoms with Crippen molar-refractivity contribution in [1.82, 2.24) is 34.6 Å². The number of aryl methyl sites for hydroxylation is 3. The average Bonchev–Trinajstić information content (AvgIpc) is 3.74. The minimum Gasteiger partial charge on any atom is -0.493 e. The minimum absolute atomic E-state index is 0.0200. The molecule has 1 unspecified atom stereocenters. The third kappa shape index (κ3) is 12.3. The monoisotopic (exact) mass is 824 g/mol. The van der Waals surface area contributed by atoms with Gasteiger partial charge in [-0.25, -0.2) is 15.0 Å². The number of carbonyl (C=O) groups is 4. The fourth-order valence-corrected chi connectivity index (χ4v) is 7.98. The Morgan fingerprint density at radius 1 is 0.931 bits per heavy atom. The Morgan fingerprint density at radius 2 is 1.62 bits per heavy atom. The summed E-state index contributed by atoms with van der Waals surface area (Å²) < 4.78 is 19.4. The summed E-state index contributed by atoms with van der Waals surface area (Å²) in [6.45, 7) is 10.6. The lowest BCUT2D eigenvalue weighted by molar-refractivity contribution is -0.135. The predicted molar refractivity (Wildman–Crippen MR) is 220 cm³/mol. The molecule has 2 bridgehead atoms. The summed E-state index contributed by atoms with van der Waals surface area (Å²) in [4.78, 5) is 66.5. The summed E-state index contributed by atoms with van der Waals surface area (Å²) in [7, 11) is 6.87. The van der Waals surface area contributed by atoms with Crippen LogP contribution in [0.1, 0.15) is 71.3 Å².